The average Bonchev–Trinajstić information content (AvgIpc) is 2.69. The first-order chi connectivity index (χ1) is 16.4. The van der Waals surface area contributed by atoms with Gasteiger partial charge in [0.1, 0.15) is 22.7 Å². The summed E-state index contributed by atoms with van der Waals surface area (Å²) in [5, 5.41) is 1.06. The van der Waals surface area contributed by atoms with Crippen LogP contribution in [0.3, 0.4) is 0 Å². The SMILES string of the molecule is CC(C)(C)CC(C)(C)OOC(=O)Oc1ccc(OC(=O)OOC(C)(C)CC(C)(C)C)c2ccccc12. The molecule has 0 spiro atoms. The highest BCUT2D eigenvalue weighted by molar-refractivity contribution is 5.95. The van der Waals surface area contributed by atoms with Crippen LogP contribution in [0.1, 0.15) is 82.1 Å². The largest absolute Gasteiger partial charge is 0.546 e. The van der Waals surface area contributed by atoms with Crippen LogP contribution in [0.4, 0.5) is 9.59 Å². The van der Waals surface area contributed by atoms with Gasteiger partial charge in [-0.15, -0.1) is 0 Å². The first kappa shape index (κ1) is 29.4. The fourth-order valence-electron chi connectivity index (χ4n) is 4.54. The van der Waals surface area contributed by atoms with Gasteiger partial charge in [-0.3, -0.25) is 9.78 Å². The Balaban J connectivity index is 2.07. The maximum absolute atomic E-state index is 12.3. The highest BCUT2D eigenvalue weighted by Crippen LogP contribution is 2.35. The predicted molar refractivity (Wildman–Crippen MR) is 137 cm³/mol. The molecule has 0 aliphatic carbocycles. The third kappa shape index (κ3) is 10.0. The van der Waals surface area contributed by atoms with E-state index in [-0.39, 0.29) is 22.3 Å². The van der Waals surface area contributed by atoms with Gasteiger partial charge in [-0.25, -0.2) is 9.59 Å². The van der Waals surface area contributed by atoms with Gasteiger partial charge in [0.05, 0.1) is 0 Å². The summed E-state index contributed by atoms with van der Waals surface area (Å²) >= 11 is 0. The third-order valence-electron chi connectivity index (χ3n) is 4.81. The minimum Gasteiger partial charge on any atom is -0.392 e. The van der Waals surface area contributed by atoms with Crippen molar-refractivity contribution in [3.05, 3.63) is 36.4 Å². The van der Waals surface area contributed by atoms with Crippen molar-refractivity contribution in [1.29, 1.82) is 0 Å². The summed E-state index contributed by atoms with van der Waals surface area (Å²) in [6, 6.07) is 9.98. The second-order valence-corrected chi connectivity index (χ2v) is 12.6. The second-order valence-electron chi connectivity index (χ2n) is 12.6. The minimum atomic E-state index is -1.01. The maximum Gasteiger partial charge on any atom is 0.546 e. The van der Waals surface area contributed by atoms with E-state index in [4.69, 9.17) is 29.0 Å². The molecule has 0 unspecified atom stereocenters. The lowest BCUT2D eigenvalue weighted by atomic mass is 9.84. The van der Waals surface area contributed by atoms with Gasteiger partial charge < -0.3 is 9.47 Å². The van der Waals surface area contributed by atoms with Crippen molar-refractivity contribution in [2.24, 2.45) is 10.8 Å². The van der Waals surface area contributed by atoms with Crippen molar-refractivity contribution >= 4 is 23.1 Å². The maximum atomic E-state index is 12.3. The second kappa shape index (κ2) is 11.0. The van der Waals surface area contributed by atoms with E-state index in [1.165, 1.54) is 12.1 Å². The molecule has 36 heavy (non-hydrogen) atoms. The lowest BCUT2D eigenvalue weighted by Crippen LogP contribution is -2.32. The molecule has 0 radical (unpaired) electrons. The number of benzene rings is 2. The Kier molecular flexibility index (Phi) is 9.02. The van der Waals surface area contributed by atoms with Crippen molar-refractivity contribution in [1.82, 2.24) is 0 Å². The third-order valence-corrected chi connectivity index (χ3v) is 4.81. The van der Waals surface area contributed by atoms with Gasteiger partial charge >= 0.3 is 12.3 Å². The zero-order chi connectivity index (χ0) is 27.4. The molecule has 0 bridgehead atoms. The van der Waals surface area contributed by atoms with E-state index in [2.05, 4.69) is 41.5 Å². The summed E-state index contributed by atoms with van der Waals surface area (Å²) in [7, 11) is 0. The Bertz CT molecular complexity index is 973. The summed E-state index contributed by atoms with van der Waals surface area (Å²) in [6.45, 7) is 19.8. The van der Waals surface area contributed by atoms with Crippen molar-refractivity contribution < 1.29 is 38.6 Å². The normalized spacial score (nSPS) is 12.8. The van der Waals surface area contributed by atoms with Crippen LogP contribution in [0.25, 0.3) is 10.8 Å². The summed E-state index contributed by atoms with van der Waals surface area (Å²) in [5.41, 5.74) is -1.42. The first-order valence-corrected chi connectivity index (χ1v) is 12.0. The molecule has 8 nitrogen and oxygen atoms in total. The molecule has 0 aliphatic heterocycles. The van der Waals surface area contributed by atoms with E-state index in [9.17, 15) is 9.59 Å². The Morgan fingerprint density at radius 3 is 1.22 bits per heavy atom. The Morgan fingerprint density at radius 2 is 0.917 bits per heavy atom. The molecular formula is C28H40O8. The van der Waals surface area contributed by atoms with Crippen molar-refractivity contribution in [2.45, 2.75) is 93.3 Å². The van der Waals surface area contributed by atoms with Crippen LogP contribution in [-0.4, -0.2) is 23.5 Å². The van der Waals surface area contributed by atoms with Gasteiger partial charge in [-0.1, -0.05) is 65.8 Å². The molecule has 0 amide bonds. The zero-order valence-electron chi connectivity index (χ0n) is 23.1. The van der Waals surface area contributed by atoms with Crippen LogP contribution in [0.5, 0.6) is 11.5 Å². The molecule has 0 N–H and O–H groups in total. The minimum absolute atomic E-state index is 0.0165. The van der Waals surface area contributed by atoms with Crippen LogP contribution >= 0.6 is 0 Å². The first-order valence-electron chi connectivity index (χ1n) is 12.0. The molecule has 200 valence electrons. The van der Waals surface area contributed by atoms with E-state index in [1.54, 1.807) is 24.3 Å². The summed E-state index contributed by atoms with van der Waals surface area (Å²) < 4.78 is 10.7. The van der Waals surface area contributed by atoms with Crippen LogP contribution in [0.15, 0.2) is 36.4 Å². The zero-order valence-corrected chi connectivity index (χ0v) is 23.1. The van der Waals surface area contributed by atoms with Gasteiger partial charge in [0.15, 0.2) is 0 Å². The van der Waals surface area contributed by atoms with Crippen LogP contribution in [0.2, 0.25) is 0 Å². The van der Waals surface area contributed by atoms with Crippen molar-refractivity contribution in [2.75, 3.05) is 0 Å². The number of carbonyl (C=O) groups excluding carboxylic acids is 2. The Morgan fingerprint density at radius 1 is 0.583 bits per heavy atom. The van der Waals surface area contributed by atoms with Gasteiger partial charge in [0.25, 0.3) is 0 Å². The van der Waals surface area contributed by atoms with E-state index in [0.29, 0.717) is 23.6 Å². The highest BCUT2D eigenvalue weighted by Gasteiger charge is 2.30. The van der Waals surface area contributed by atoms with Gasteiger partial charge in [0, 0.05) is 10.8 Å². The van der Waals surface area contributed by atoms with Crippen LogP contribution in [0, 0.1) is 10.8 Å². The number of rotatable bonds is 8. The lowest BCUT2D eigenvalue weighted by Gasteiger charge is -2.30. The van der Waals surface area contributed by atoms with Gasteiger partial charge in [0.2, 0.25) is 0 Å². The quantitative estimate of drug-likeness (QED) is 0.154. The summed E-state index contributed by atoms with van der Waals surface area (Å²) in [4.78, 5) is 45.1. The number of carbonyl (C=O) groups is 2. The molecule has 0 atom stereocenters. The fourth-order valence-corrected chi connectivity index (χ4v) is 4.54. The smallest absolute Gasteiger partial charge is 0.392 e. The molecule has 0 aliphatic rings. The molecule has 0 fully saturated rings. The van der Waals surface area contributed by atoms with Crippen molar-refractivity contribution in [3.63, 3.8) is 0 Å². The molecule has 0 heterocycles. The average molecular weight is 505 g/mol. The lowest BCUT2D eigenvalue weighted by molar-refractivity contribution is -0.318. The Hall–Kier alpha value is -2.84. The molecule has 0 aromatic heterocycles. The van der Waals surface area contributed by atoms with E-state index in [1.807, 2.05) is 27.7 Å². The van der Waals surface area contributed by atoms with Gasteiger partial charge in [-0.2, -0.15) is 9.78 Å². The summed E-state index contributed by atoms with van der Waals surface area (Å²) in [6.07, 6.45) is -0.695. The van der Waals surface area contributed by atoms with E-state index < -0.39 is 23.5 Å². The molecular weight excluding hydrogens is 464 g/mol. The summed E-state index contributed by atoms with van der Waals surface area (Å²) in [5.74, 6) is 0.437. The van der Waals surface area contributed by atoms with E-state index in [0.717, 1.165) is 0 Å². The molecule has 0 saturated heterocycles. The molecule has 2 aromatic rings. The number of hydrogen-bond donors (Lipinski definition) is 0. The topological polar surface area (TPSA) is 89.5 Å². The monoisotopic (exact) mass is 504 g/mol. The number of hydrogen-bond acceptors (Lipinski definition) is 8. The predicted octanol–water partition coefficient (Wildman–Crippen LogP) is 8.16. The molecule has 2 aromatic carbocycles. The van der Waals surface area contributed by atoms with Crippen molar-refractivity contribution in [3.8, 4) is 11.5 Å². The number of ether oxygens (including phenoxy) is 2. The fraction of sp³-hybridized carbons (Fsp3) is 0.571. The molecule has 0 saturated carbocycles. The standard InChI is InChI=1S/C28H40O8/c1-25(2,3)17-27(7,8)35-33-23(29)31-21-15-16-22(20-14-12-11-13-19(20)21)32-24(30)34-36-28(9,10)18-26(4,5)6/h11-16H,17-18H2,1-10H3. The number of fused-ring (bicyclic) bond motifs is 1. The van der Waals surface area contributed by atoms with Gasteiger partial charge in [-0.05, 0) is 63.5 Å². The van der Waals surface area contributed by atoms with E-state index >= 15 is 0 Å². The molecule has 8 heteroatoms. The molecule has 2 rings (SSSR count). The van der Waals surface area contributed by atoms with Crippen LogP contribution < -0.4 is 9.47 Å². The Labute approximate surface area is 214 Å². The van der Waals surface area contributed by atoms with Crippen LogP contribution in [-0.2, 0) is 19.6 Å². The highest BCUT2D eigenvalue weighted by atomic mass is 17.2.